The molecule has 3 nitrogen and oxygen atoms in total. The third kappa shape index (κ3) is 3.75. The summed E-state index contributed by atoms with van der Waals surface area (Å²) in [6, 6.07) is 2.33. The molecule has 0 bridgehead atoms. The van der Waals surface area contributed by atoms with E-state index in [-0.39, 0.29) is 6.04 Å². The highest BCUT2D eigenvalue weighted by molar-refractivity contribution is 9.13. The lowest BCUT2D eigenvalue weighted by Gasteiger charge is -2.16. The largest absolute Gasteiger partial charge is 0.378 e. The van der Waals surface area contributed by atoms with Crippen LogP contribution in [0, 0.1) is 0 Å². The molecule has 1 aromatic heterocycles. The van der Waals surface area contributed by atoms with Gasteiger partial charge in [-0.05, 0) is 63.6 Å². The number of rotatable bonds is 5. The van der Waals surface area contributed by atoms with Crippen molar-refractivity contribution in [3.63, 3.8) is 0 Å². The zero-order chi connectivity index (χ0) is 12.3. The molecule has 1 aromatic rings. The third-order valence-electron chi connectivity index (χ3n) is 3.01. The molecule has 2 rings (SSSR count). The van der Waals surface area contributed by atoms with Gasteiger partial charge in [0.2, 0.25) is 0 Å². The number of nitrogens with two attached hydrogens (primary N) is 1. The van der Waals surface area contributed by atoms with Crippen LogP contribution in [0.25, 0.3) is 0 Å². The van der Waals surface area contributed by atoms with Crippen LogP contribution in [-0.2, 0) is 4.74 Å². The van der Waals surface area contributed by atoms with Gasteiger partial charge in [-0.3, -0.25) is 11.3 Å². The van der Waals surface area contributed by atoms with Crippen LogP contribution in [-0.4, -0.2) is 12.7 Å². The third-order valence-corrected chi connectivity index (χ3v) is 6.38. The van der Waals surface area contributed by atoms with Gasteiger partial charge in [-0.1, -0.05) is 0 Å². The number of hydrazine groups is 1. The zero-order valence-electron chi connectivity index (χ0n) is 9.42. The minimum atomic E-state index is 0.215. The first kappa shape index (κ1) is 14.0. The highest BCUT2D eigenvalue weighted by atomic mass is 79.9. The summed E-state index contributed by atoms with van der Waals surface area (Å²) in [5.41, 5.74) is 2.90. The van der Waals surface area contributed by atoms with E-state index < -0.39 is 0 Å². The Morgan fingerprint density at radius 1 is 1.59 bits per heavy atom. The lowest BCUT2D eigenvalue weighted by atomic mass is 10.1. The minimum absolute atomic E-state index is 0.215. The van der Waals surface area contributed by atoms with Crippen LogP contribution in [0.4, 0.5) is 0 Å². The number of thiophene rings is 1. The molecule has 17 heavy (non-hydrogen) atoms. The second-order valence-electron chi connectivity index (χ2n) is 4.20. The molecule has 0 radical (unpaired) electrons. The Bertz CT molecular complexity index is 347. The minimum Gasteiger partial charge on any atom is -0.378 e. The van der Waals surface area contributed by atoms with Crippen molar-refractivity contribution in [2.45, 2.75) is 37.8 Å². The van der Waals surface area contributed by atoms with Crippen molar-refractivity contribution in [1.29, 1.82) is 0 Å². The summed E-state index contributed by atoms with van der Waals surface area (Å²) >= 11 is 8.73. The van der Waals surface area contributed by atoms with Crippen molar-refractivity contribution >= 4 is 43.2 Å². The van der Waals surface area contributed by atoms with Crippen molar-refractivity contribution in [2.24, 2.45) is 5.84 Å². The lowest BCUT2D eigenvalue weighted by Crippen LogP contribution is -2.28. The van der Waals surface area contributed by atoms with Gasteiger partial charge < -0.3 is 4.74 Å². The van der Waals surface area contributed by atoms with Crippen LogP contribution in [0.3, 0.4) is 0 Å². The molecule has 1 aliphatic rings. The SMILES string of the molecule is NNC(CCC1CCCO1)c1cc(Br)c(Br)s1. The summed E-state index contributed by atoms with van der Waals surface area (Å²) in [5.74, 6) is 5.63. The van der Waals surface area contributed by atoms with Crippen LogP contribution < -0.4 is 11.3 Å². The van der Waals surface area contributed by atoms with Crippen LogP contribution in [0.15, 0.2) is 14.3 Å². The zero-order valence-corrected chi connectivity index (χ0v) is 13.4. The van der Waals surface area contributed by atoms with Gasteiger partial charge in [0.25, 0.3) is 0 Å². The second kappa shape index (κ2) is 6.63. The maximum absolute atomic E-state index is 5.63. The van der Waals surface area contributed by atoms with E-state index in [4.69, 9.17) is 10.6 Å². The Balaban J connectivity index is 1.91. The Morgan fingerprint density at radius 2 is 2.41 bits per heavy atom. The Labute approximate surface area is 122 Å². The highest BCUT2D eigenvalue weighted by Crippen LogP contribution is 2.37. The van der Waals surface area contributed by atoms with E-state index in [9.17, 15) is 0 Å². The van der Waals surface area contributed by atoms with Gasteiger partial charge in [0.15, 0.2) is 0 Å². The van der Waals surface area contributed by atoms with Crippen molar-refractivity contribution in [3.8, 4) is 0 Å². The van der Waals surface area contributed by atoms with E-state index in [1.807, 2.05) is 0 Å². The number of hydrogen-bond donors (Lipinski definition) is 2. The summed E-state index contributed by atoms with van der Waals surface area (Å²) in [6.07, 6.45) is 4.90. The monoisotopic (exact) mass is 382 g/mol. The van der Waals surface area contributed by atoms with E-state index in [0.717, 1.165) is 27.7 Å². The topological polar surface area (TPSA) is 47.3 Å². The molecule has 1 fully saturated rings. The van der Waals surface area contributed by atoms with Crippen molar-refractivity contribution in [2.75, 3.05) is 6.61 Å². The number of ether oxygens (including phenoxy) is 1. The summed E-state index contributed by atoms with van der Waals surface area (Å²) in [6.45, 7) is 0.918. The predicted molar refractivity (Wildman–Crippen MR) is 78.0 cm³/mol. The first-order chi connectivity index (χ1) is 8.20. The Morgan fingerprint density at radius 3 is 2.94 bits per heavy atom. The van der Waals surface area contributed by atoms with Crippen LogP contribution in [0.5, 0.6) is 0 Å². The van der Waals surface area contributed by atoms with E-state index in [2.05, 4.69) is 43.4 Å². The summed E-state index contributed by atoms with van der Waals surface area (Å²) in [7, 11) is 0. The molecular weight excluding hydrogens is 368 g/mol. The molecule has 96 valence electrons. The molecule has 3 N–H and O–H groups in total. The van der Waals surface area contributed by atoms with Gasteiger partial charge in [0.1, 0.15) is 0 Å². The standard InChI is InChI=1S/C11H16Br2N2OS/c12-8-6-10(17-11(8)13)9(15-14)4-3-7-2-1-5-16-7/h6-7,9,15H,1-5,14H2. The van der Waals surface area contributed by atoms with Gasteiger partial charge in [-0.25, -0.2) is 0 Å². The number of halogens is 2. The average molecular weight is 384 g/mol. The molecule has 0 aromatic carbocycles. The molecule has 2 unspecified atom stereocenters. The van der Waals surface area contributed by atoms with Crippen LogP contribution in [0.2, 0.25) is 0 Å². The molecule has 1 saturated heterocycles. The van der Waals surface area contributed by atoms with E-state index in [1.165, 1.54) is 17.7 Å². The first-order valence-corrected chi connectivity index (χ1v) is 8.13. The van der Waals surface area contributed by atoms with Crippen molar-refractivity contribution in [1.82, 2.24) is 5.43 Å². The predicted octanol–water partition coefficient (Wildman–Crippen LogP) is 3.74. The quantitative estimate of drug-likeness (QED) is 0.601. The van der Waals surface area contributed by atoms with Gasteiger partial charge in [0, 0.05) is 16.0 Å². The second-order valence-corrected chi connectivity index (χ2v) is 7.46. The van der Waals surface area contributed by atoms with Crippen LogP contribution in [0.1, 0.15) is 36.6 Å². The van der Waals surface area contributed by atoms with Gasteiger partial charge in [0.05, 0.1) is 15.9 Å². The fraction of sp³-hybridized carbons (Fsp3) is 0.636. The van der Waals surface area contributed by atoms with Crippen molar-refractivity contribution in [3.05, 3.63) is 19.2 Å². The summed E-state index contributed by atoms with van der Waals surface area (Å²) in [4.78, 5) is 1.25. The molecule has 0 saturated carbocycles. The highest BCUT2D eigenvalue weighted by Gasteiger charge is 2.19. The smallest absolute Gasteiger partial charge is 0.0843 e. The van der Waals surface area contributed by atoms with E-state index >= 15 is 0 Å². The Kier molecular flexibility index (Phi) is 5.45. The fourth-order valence-corrected chi connectivity index (χ4v) is 4.25. The number of hydrogen-bond acceptors (Lipinski definition) is 4. The maximum atomic E-state index is 5.63. The maximum Gasteiger partial charge on any atom is 0.0843 e. The fourth-order valence-electron chi connectivity index (χ4n) is 2.07. The Hall–Kier alpha value is 0.540. The molecule has 1 aliphatic heterocycles. The molecule has 0 aliphatic carbocycles. The van der Waals surface area contributed by atoms with Crippen LogP contribution >= 0.6 is 43.2 Å². The molecule has 2 atom stereocenters. The van der Waals surface area contributed by atoms with Gasteiger partial charge in [-0.15, -0.1) is 11.3 Å². The average Bonchev–Trinajstić information content (AvgIpc) is 2.91. The van der Waals surface area contributed by atoms with Gasteiger partial charge >= 0.3 is 0 Å². The van der Waals surface area contributed by atoms with E-state index in [0.29, 0.717) is 6.10 Å². The van der Waals surface area contributed by atoms with E-state index in [1.54, 1.807) is 11.3 Å². The molecule has 2 heterocycles. The number of nitrogens with one attached hydrogen (secondary N) is 1. The normalized spacial score (nSPS) is 21.9. The molecule has 0 amide bonds. The molecule has 0 spiro atoms. The summed E-state index contributed by atoms with van der Waals surface area (Å²) < 4.78 is 7.84. The molecule has 6 heteroatoms. The summed E-state index contributed by atoms with van der Waals surface area (Å²) in [5, 5.41) is 0. The lowest BCUT2D eigenvalue weighted by molar-refractivity contribution is 0.0997. The van der Waals surface area contributed by atoms with Gasteiger partial charge in [-0.2, -0.15) is 0 Å². The van der Waals surface area contributed by atoms with Crippen molar-refractivity contribution < 1.29 is 4.74 Å². The first-order valence-electron chi connectivity index (χ1n) is 5.73. The molecular formula is C11H16Br2N2OS.